The average molecular weight is 773 g/mol. The van der Waals surface area contributed by atoms with E-state index in [-0.39, 0.29) is 31.7 Å². The van der Waals surface area contributed by atoms with Gasteiger partial charge in [-0.2, -0.15) is 0 Å². The van der Waals surface area contributed by atoms with Crippen LogP contribution in [0.5, 0.6) is 0 Å². The Labute approximate surface area is 320 Å². The first-order valence-corrected chi connectivity index (χ1v) is 21.9. The lowest BCUT2D eigenvalue weighted by Crippen LogP contribution is -2.30. The fourth-order valence-corrected chi connectivity index (χ4v) is 6.41. The van der Waals surface area contributed by atoms with Gasteiger partial charge in [0.05, 0.1) is 32.0 Å². The molecule has 0 radical (unpaired) electrons. The monoisotopic (exact) mass is 772 g/mol. The predicted octanol–water partition coefficient (Wildman–Crippen LogP) is 9.23. The summed E-state index contributed by atoms with van der Waals surface area (Å²) in [5.41, 5.74) is 0. The van der Waals surface area contributed by atoms with Crippen LogP contribution in [0, 0.1) is 5.92 Å². The van der Waals surface area contributed by atoms with Crippen LogP contribution < -0.4 is 0 Å². The number of unbranched alkanes of at least 4 members (excludes halogenated alkanes) is 11. The number of esters is 2. The molecule has 0 spiro atoms. The number of hydrogen-bond donors (Lipinski definition) is 3. The number of rotatable bonds is 36. The Morgan fingerprint density at radius 2 is 1.34 bits per heavy atom. The average Bonchev–Trinajstić information content (AvgIpc) is 3.88. The van der Waals surface area contributed by atoms with E-state index in [9.17, 15) is 24.2 Å². The van der Waals surface area contributed by atoms with Crippen molar-refractivity contribution >= 4 is 19.8 Å². The van der Waals surface area contributed by atoms with Crippen LogP contribution in [0.3, 0.4) is 0 Å². The molecule has 0 saturated carbocycles. The highest BCUT2D eigenvalue weighted by Crippen LogP contribution is 2.43. The quantitative estimate of drug-likeness (QED) is 0.0183. The Morgan fingerprint density at radius 1 is 0.736 bits per heavy atom. The normalized spacial score (nSPS) is 18.2. The van der Waals surface area contributed by atoms with Crippen LogP contribution in [0.15, 0.2) is 36.5 Å². The maximum atomic E-state index is 12.7. The van der Waals surface area contributed by atoms with Crippen LogP contribution >= 0.6 is 7.82 Å². The minimum absolute atomic E-state index is 0.0900. The third kappa shape index (κ3) is 31.1. The second-order valence-electron chi connectivity index (χ2n) is 14.5. The van der Waals surface area contributed by atoms with Crippen LogP contribution in [0.2, 0.25) is 0 Å². The van der Waals surface area contributed by atoms with E-state index in [1.807, 2.05) is 0 Å². The summed E-state index contributed by atoms with van der Waals surface area (Å²) in [5, 5.41) is 18.3. The van der Waals surface area contributed by atoms with Crippen LogP contribution in [0.1, 0.15) is 156 Å². The highest BCUT2D eigenvalue weighted by molar-refractivity contribution is 7.47. The molecule has 0 amide bonds. The second kappa shape index (κ2) is 32.4. The molecule has 5 atom stereocenters. The zero-order valence-electron chi connectivity index (χ0n) is 33.1. The van der Waals surface area contributed by atoms with E-state index in [4.69, 9.17) is 23.8 Å². The number of aliphatic hydroxyl groups is 2. The summed E-state index contributed by atoms with van der Waals surface area (Å²) in [6, 6.07) is 0. The maximum absolute atomic E-state index is 12.7. The van der Waals surface area contributed by atoms with Gasteiger partial charge in [0.1, 0.15) is 12.7 Å². The van der Waals surface area contributed by atoms with Gasteiger partial charge in [0.2, 0.25) is 0 Å². The number of aliphatic hydroxyl groups excluding tert-OH is 2. The second-order valence-corrected chi connectivity index (χ2v) is 16.0. The highest BCUT2D eigenvalue weighted by atomic mass is 31.2. The molecule has 0 aromatic heterocycles. The van der Waals surface area contributed by atoms with Gasteiger partial charge in [0.25, 0.3) is 0 Å². The van der Waals surface area contributed by atoms with Gasteiger partial charge in [0.15, 0.2) is 6.10 Å². The van der Waals surface area contributed by atoms with Gasteiger partial charge in [-0.05, 0) is 57.3 Å². The molecule has 0 aromatic rings. The van der Waals surface area contributed by atoms with E-state index >= 15 is 0 Å². The molecule has 11 nitrogen and oxygen atoms in total. The molecule has 1 heterocycles. The number of hydrogen-bond acceptors (Lipinski definition) is 10. The van der Waals surface area contributed by atoms with Crippen molar-refractivity contribution in [1.82, 2.24) is 0 Å². The summed E-state index contributed by atoms with van der Waals surface area (Å²) in [6.45, 7) is 4.54. The third-order valence-corrected chi connectivity index (χ3v) is 9.85. The summed E-state index contributed by atoms with van der Waals surface area (Å²) >= 11 is 0. The van der Waals surface area contributed by atoms with Gasteiger partial charge < -0.3 is 29.3 Å². The van der Waals surface area contributed by atoms with E-state index in [1.54, 1.807) is 0 Å². The summed E-state index contributed by atoms with van der Waals surface area (Å²) in [4.78, 5) is 35.0. The van der Waals surface area contributed by atoms with E-state index in [2.05, 4.69) is 61.8 Å². The minimum atomic E-state index is -4.64. The molecule has 0 aliphatic carbocycles. The molecule has 53 heavy (non-hydrogen) atoms. The van der Waals surface area contributed by atoms with Crippen molar-refractivity contribution in [3.63, 3.8) is 0 Å². The smallest absolute Gasteiger partial charge is 0.462 e. The molecule has 0 aromatic carbocycles. The number of ether oxygens (including phenoxy) is 3. The largest absolute Gasteiger partial charge is 0.472 e. The zero-order valence-corrected chi connectivity index (χ0v) is 34.0. The maximum Gasteiger partial charge on any atom is 0.472 e. The molecule has 0 bridgehead atoms. The van der Waals surface area contributed by atoms with Crippen LogP contribution in [0.25, 0.3) is 0 Å². The van der Waals surface area contributed by atoms with E-state index in [0.717, 1.165) is 50.9 Å². The van der Waals surface area contributed by atoms with Crippen molar-refractivity contribution in [1.29, 1.82) is 0 Å². The molecule has 3 N–H and O–H groups in total. The Kier molecular flexibility index (Phi) is 30.1. The van der Waals surface area contributed by atoms with Crippen molar-refractivity contribution in [2.24, 2.45) is 5.92 Å². The van der Waals surface area contributed by atoms with Crippen molar-refractivity contribution in [2.75, 3.05) is 26.4 Å². The van der Waals surface area contributed by atoms with Gasteiger partial charge in [0, 0.05) is 12.8 Å². The van der Waals surface area contributed by atoms with Crippen LogP contribution in [-0.2, 0) is 37.4 Å². The van der Waals surface area contributed by atoms with E-state index in [0.29, 0.717) is 19.3 Å². The van der Waals surface area contributed by atoms with E-state index < -0.39 is 51.8 Å². The minimum Gasteiger partial charge on any atom is -0.462 e. The Hall–Kier alpha value is -1.85. The first-order chi connectivity index (χ1) is 25.6. The number of phosphoric acid groups is 1. The molecule has 1 rings (SSSR count). The molecule has 1 fully saturated rings. The first-order valence-electron chi connectivity index (χ1n) is 20.4. The molecule has 12 heteroatoms. The first kappa shape index (κ1) is 49.2. The molecule has 1 aliphatic rings. The zero-order chi connectivity index (χ0) is 39.0. The molecule has 1 saturated heterocycles. The molecule has 3 unspecified atom stereocenters. The van der Waals surface area contributed by atoms with Gasteiger partial charge in [-0.3, -0.25) is 18.6 Å². The number of allylic oxidation sites excluding steroid dienone is 5. The van der Waals surface area contributed by atoms with Crippen molar-refractivity contribution < 1.29 is 52.5 Å². The molecular weight excluding hydrogens is 699 g/mol. The predicted molar refractivity (Wildman–Crippen MR) is 209 cm³/mol. The lowest BCUT2D eigenvalue weighted by atomic mass is 10.0. The van der Waals surface area contributed by atoms with E-state index in [1.165, 1.54) is 57.8 Å². The van der Waals surface area contributed by atoms with Gasteiger partial charge >= 0.3 is 19.8 Å². The highest BCUT2D eigenvalue weighted by Gasteiger charge is 2.37. The third-order valence-electron chi connectivity index (χ3n) is 8.90. The van der Waals surface area contributed by atoms with Crippen molar-refractivity contribution in [3.8, 4) is 0 Å². The Morgan fingerprint density at radius 3 is 2.00 bits per heavy atom. The molecule has 1 aliphatic heterocycles. The van der Waals surface area contributed by atoms with Gasteiger partial charge in [-0.15, -0.1) is 0 Å². The Balaban J connectivity index is 2.34. The summed E-state index contributed by atoms with van der Waals surface area (Å²) < 4.78 is 38.4. The SMILES string of the molecule is CCCCC/C=C\C/C=C\C/C=C\CC1OC1CCCC(=O)O[C@H](COC(=O)CCCCCCCCCCCC(C)C)COP(=O)(O)OC[C@@H](O)CO. The van der Waals surface area contributed by atoms with Gasteiger partial charge in [-0.25, -0.2) is 4.57 Å². The van der Waals surface area contributed by atoms with Gasteiger partial charge in [-0.1, -0.05) is 128 Å². The number of carbonyl (C=O) groups is 2. The summed E-state index contributed by atoms with van der Waals surface area (Å²) in [5.74, 6) is -0.231. The molecular formula is C41H73O11P. The topological polar surface area (TPSA) is 161 Å². The fourth-order valence-electron chi connectivity index (χ4n) is 5.62. The number of phosphoric ester groups is 1. The van der Waals surface area contributed by atoms with Crippen molar-refractivity contribution in [3.05, 3.63) is 36.5 Å². The lowest BCUT2D eigenvalue weighted by Gasteiger charge is -2.20. The van der Waals surface area contributed by atoms with Crippen LogP contribution in [-0.4, -0.2) is 77.9 Å². The number of carbonyl (C=O) groups excluding carboxylic acids is 2. The standard InChI is InChI=1S/C41H73O11P/c1-4-5-6-7-8-9-10-11-14-17-20-23-27-38-39(52-38)28-25-30-41(45)51-37(34-50-53(46,47)49-32-36(43)31-42)33-48-40(44)29-24-21-18-15-12-13-16-19-22-26-35(2)3/h8-9,11,14,20,23,35-39,42-43H,4-7,10,12-13,15-19,21-22,24-34H2,1-3H3,(H,46,47)/b9-8-,14-11-,23-20-/t36-,37+,38?,39?/m0/s1. The Bertz CT molecular complexity index is 1060. The summed E-state index contributed by atoms with van der Waals surface area (Å²) in [7, 11) is -4.64. The fraction of sp³-hybridized carbons (Fsp3) is 0.805. The molecule has 308 valence electrons. The van der Waals surface area contributed by atoms with Crippen LogP contribution in [0.4, 0.5) is 0 Å². The number of epoxide rings is 1. The van der Waals surface area contributed by atoms with Crippen molar-refractivity contribution in [2.45, 2.75) is 180 Å². The lowest BCUT2D eigenvalue weighted by molar-refractivity contribution is -0.161. The summed E-state index contributed by atoms with van der Waals surface area (Å²) in [6.07, 6.45) is 31.4.